The highest BCUT2D eigenvalue weighted by molar-refractivity contribution is 5.16. The molecule has 3 N–H and O–H groups in total. The summed E-state index contributed by atoms with van der Waals surface area (Å²) < 4.78 is 0. The van der Waals surface area contributed by atoms with Gasteiger partial charge in [0.25, 0.3) is 0 Å². The molecule has 0 fully saturated rings. The zero-order valence-electron chi connectivity index (χ0n) is 9.52. The van der Waals surface area contributed by atoms with Crippen molar-refractivity contribution < 1.29 is 10.4 Å². The lowest BCUT2D eigenvalue weighted by Crippen LogP contribution is -2.85. The number of benzene rings is 1. The summed E-state index contributed by atoms with van der Waals surface area (Å²) in [4.78, 5) is 0. The van der Waals surface area contributed by atoms with Crippen LogP contribution in [0.15, 0.2) is 30.3 Å². The van der Waals surface area contributed by atoms with Gasteiger partial charge in [-0.25, -0.2) is 0 Å². The van der Waals surface area contributed by atoms with Crippen LogP contribution in [-0.4, -0.2) is 18.2 Å². The van der Waals surface area contributed by atoms with Gasteiger partial charge in [0, 0.05) is 0 Å². The lowest BCUT2D eigenvalue weighted by atomic mass is 10.1. The van der Waals surface area contributed by atoms with Crippen LogP contribution in [0.4, 0.5) is 0 Å². The Morgan fingerprint density at radius 2 is 1.93 bits per heavy atom. The fourth-order valence-corrected chi connectivity index (χ4v) is 1.63. The van der Waals surface area contributed by atoms with Gasteiger partial charge in [0.2, 0.25) is 0 Å². The van der Waals surface area contributed by atoms with E-state index in [0.717, 1.165) is 18.7 Å². The first-order valence-corrected chi connectivity index (χ1v) is 5.89. The molecule has 0 unspecified atom stereocenters. The molecule has 1 rings (SSSR count). The Balaban J connectivity index is 2.16. The Bertz CT molecular complexity index is 248. The van der Waals surface area contributed by atoms with Crippen molar-refractivity contribution in [3.05, 3.63) is 35.9 Å². The number of quaternary nitrogens is 1. The average Bonchev–Trinajstić information content (AvgIpc) is 2.30. The van der Waals surface area contributed by atoms with E-state index in [1.165, 1.54) is 19.3 Å². The molecule has 0 radical (unpaired) electrons. The minimum Gasteiger partial charge on any atom is -0.382 e. The molecule has 1 aromatic carbocycles. The van der Waals surface area contributed by atoms with Gasteiger partial charge in [0.1, 0.15) is 12.6 Å². The maximum atomic E-state index is 9.85. The number of nitrogens with two attached hydrogens (primary N) is 1. The first-order chi connectivity index (χ1) is 7.34. The second kappa shape index (κ2) is 7.43. The van der Waals surface area contributed by atoms with E-state index in [9.17, 15) is 5.11 Å². The summed E-state index contributed by atoms with van der Waals surface area (Å²) in [6.45, 7) is 4.10. The van der Waals surface area contributed by atoms with Crippen molar-refractivity contribution in [2.24, 2.45) is 0 Å². The second-order valence-electron chi connectivity index (χ2n) is 3.95. The van der Waals surface area contributed by atoms with Gasteiger partial charge < -0.3 is 10.4 Å². The van der Waals surface area contributed by atoms with E-state index in [0.29, 0.717) is 0 Å². The third-order valence-corrected chi connectivity index (χ3v) is 2.59. The normalized spacial score (nSPS) is 12.7. The first kappa shape index (κ1) is 12.2. The van der Waals surface area contributed by atoms with Gasteiger partial charge in [0.05, 0.1) is 6.54 Å². The van der Waals surface area contributed by atoms with E-state index in [4.69, 9.17) is 0 Å². The van der Waals surface area contributed by atoms with Gasteiger partial charge in [-0.1, -0.05) is 43.7 Å². The summed E-state index contributed by atoms with van der Waals surface area (Å²) in [5.41, 5.74) is 1.02. The summed E-state index contributed by atoms with van der Waals surface area (Å²) in [6.07, 6.45) is 3.47. The van der Waals surface area contributed by atoms with Crippen molar-refractivity contribution in [3.63, 3.8) is 0 Å². The first-order valence-electron chi connectivity index (χ1n) is 5.89. The lowest BCUT2D eigenvalue weighted by Gasteiger charge is -2.09. The molecule has 2 heteroatoms. The van der Waals surface area contributed by atoms with Crippen molar-refractivity contribution in [2.75, 3.05) is 13.1 Å². The Morgan fingerprint density at radius 3 is 2.60 bits per heavy atom. The van der Waals surface area contributed by atoms with Gasteiger partial charge in [-0.05, 0) is 18.4 Å². The van der Waals surface area contributed by atoms with Crippen LogP contribution in [0.25, 0.3) is 0 Å². The Labute approximate surface area is 92.3 Å². The maximum absolute atomic E-state index is 9.85. The second-order valence-corrected chi connectivity index (χ2v) is 3.95. The highest BCUT2D eigenvalue weighted by atomic mass is 16.3. The van der Waals surface area contributed by atoms with E-state index in [1.54, 1.807) is 0 Å². The zero-order valence-corrected chi connectivity index (χ0v) is 9.52. The number of aliphatic hydroxyl groups excluding tert-OH is 1. The van der Waals surface area contributed by atoms with Gasteiger partial charge in [0.15, 0.2) is 0 Å². The molecule has 1 aromatic rings. The number of unbranched alkanes of at least 4 members (excludes halogenated alkanes) is 2. The highest BCUT2D eigenvalue weighted by Crippen LogP contribution is 2.08. The molecular weight excluding hydrogens is 186 g/mol. The lowest BCUT2D eigenvalue weighted by molar-refractivity contribution is -0.662. The van der Waals surface area contributed by atoms with E-state index < -0.39 is 0 Å². The maximum Gasteiger partial charge on any atom is 0.128 e. The van der Waals surface area contributed by atoms with E-state index in [-0.39, 0.29) is 6.10 Å². The van der Waals surface area contributed by atoms with Crippen LogP contribution >= 0.6 is 0 Å². The van der Waals surface area contributed by atoms with Gasteiger partial charge in [-0.15, -0.1) is 0 Å². The third kappa shape index (κ3) is 4.96. The minimum absolute atomic E-state index is 0.326. The summed E-state index contributed by atoms with van der Waals surface area (Å²) in [7, 11) is 0. The number of hydrogen-bond donors (Lipinski definition) is 2. The van der Waals surface area contributed by atoms with Crippen LogP contribution < -0.4 is 5.32 Å². The molecule has 0 aliphatic rings. The number of rotatable bonds is 7. The number of hydrogen-bond acceptors (Lipinski definition) is 1. The zero-order chi connectivity index (χ0) is 10.9. The van der Waals surface area contributed by atoms with Crippen LogP contribution in [-0.2, 0) is 0 Å². The quantitative estimate of drug-likeness (QED) is 0.654. The molecule has 2 nitrogen and oxygen atoms in total. The monoisotopic (exact) mass is 208 g/mol. The Hall–Kier alpha value is -0.860. The van der Waals surface area contributed by atoms with E-state index in [1.807, 2.05) is 30.3 Å². The van der Waals surface area contributed by atoms with Crippen molar-refractivity contribution in [1.82, 2.24) is 0 Å². The average molecular weight is 208 g/mol. The molecule has 15 heavy (non-hydrogen) atoms. The standard InChI is InChI=1S/C13H21NO/c1-2-3-7-10-14-11-13(15)12-8-5-4-6-9-12/h4-6,8-9,13-15H,2-3,7,10-11H2,1H3/p+1/t13-/m0/s1. The van der Waals surface area contributed by atoms with Crippen molar-refractivity contribution in [3.8, 4) is 0 Å². The molecule has 0 amide bonds. The molecule has 0 aliphatic heterocycles. The summed E-state index contributed by atoms with van der Waals surface area (Å²) in [5, 5.41) is 12.0. The van der Waals surface area contributed by atoms with Crippen molar-refractivity contribution in [2.45, 2.75) is 32.3 Å². The van der Waals surface area contributed by atoms with E-state index >= 15 is 0 Å². The van der Waals surface area contributed by atoms with Crippen LogP contribution in [0.2, 0.25) is 0 Å². The summed E-state index contributed by atoms with van der Waals surface area (Å²) in [5.74, 6) is 0. The van der Waals surface area contributed by atoms with Gasteiger partial charge in [-0.2, -0.15) is 0 Å². The topological polar surface area (TPSA) is 36.8 Å². The predicted molar refractivity (Wildman–Crippen MR) is 62.6 cm³/mol. The predicted octanol–water partition coefficient (Wildman–Crippen LogP) is 1.47. The van der Waals surface area contributed by atoms with Crippen LogP contribution in [0.3, 0.4) is 0 Å². The molecular formula is C13H22NO+. The third-order valence-electron chi connectivity index (χ3n) is 2.59. The summed E-state index contributed by atoms with van der Waals surface area (Å²) >= 11 is 0. The van der Waals surface area contributed by atoms with Crippen LogP contribution in [0, 0.1) is 0 Å². The number of aliphatic hydroxyl groups is 1. The fraction of sp³-hybridized carbons (Fsp3) is 0.538. The Morgan fingerprint density at radius 1 is 1.20 bits per heavy atom. The van der Waals surface area contributed by atoms with Crippen molar-refractivity contribution >= 4 is 0 Å². The molecule has 0 aliphatic carbocycles. The van der Waals surface area contributed by atoms with E-state index in [2.05, 4.69) is 12.2 Å². The molecule has 0 bridgehead atoms. The Kier molecular flexibility index (Phi) is 6.05. The highest BCUT2D eigenvalue weighted by Gasteiger charge is 2.07. The molecule has 84 valence electrons. The van der Waals surface area contributed by atoms with Gasteiger partial charge >= 0.3 is 0 Å². The minimum atomic E-state index is -0.326. The molecule has 0 saturated heterocycles. The molecule has 0 saturated carbocycles. The fourth-order valence-electron chi connectivity index (χ4n) is 1.63. The molecule has 0 aromatic heterocycles. The largest absolute Gasteiger partial charge is 0.382 e. The van der Waals surface area contributed by atoms with Crippen LogP contribution in [0.5, 0.6) is 0 Å². The van der Waals surface area contributed by atoms with Crippen molar-refractivity contribution in [1.29, 1.82) is 0 Å². The summed E-state index contributed by atoms with van der Waals surface area (Å²) in [6, 6.07) is 9.86. The SMILES string of the molecule is CCCCC[NH2+]C[C@H](O)c1ccccc1. The molecule has 0 spiro atoms. The van der Waals surface area contributed by atoms with Crippen LogP contribution in [0.1, 0.15) is 37.9 Å². The smallest absolute Gasteiger partial charge is 0.128 e. The molecule has 1 atom stereocenters. The van der Waals surface area contributed by atoms with Gasteiger partial charge in [-0.3, -0.25) is 0 Å². The molecule has 0 heterocycles.